The monoisotopic (exact) mass is 264 g/mol. The minimum Gasteiger partial charge on any atom is -0.380 e. The number of nitrogens with two attached hydrogens (primary N) is 1. The topological polar surface area (TPSA) is 55.6 Å². The first kappa shape index (κ1) is 16.7. The van der Waals surface area contributed by atoms with E-state index in [0.717, 1.165) is 12.8 Å². The Kier molecular flexibility index (Phi) is 7.75. The van der Waals surface area contributed by atoms with Gasteiger partial charge in [0.2, 0.25) is 5.91 Å². The average molecular weight is 265 g/mol. The van der Waals surface area contributed by atoms with Crippen LogP contribution < -0.4 is 5.73 Å². The molecule has 1 rings (SSSR count). The quantitative estimate of drug-likeness (QED) is 0.839. The lowest BCUT2D eigenvalue weighted by molar-refractivity contribution is -0.139. The van der Waals surface area contributed by atoms with Gasteiger partial charge in [-0.3, -0.25) is 4.79 Å². The zero-order valence-electron chi connectivity index (χ0n) is 11.0. The van der Waals surface area contributed by atoms with Crippen LogP contribution in [0.2, 0.25) is 0 Å². The van der Waals surface area contributed by atoms with E-state index in [2.05, 4.69) is 13.8 Å². The summed E-state index contributed by atoms with van der Waals surface area (Å²) in [5.41, 5.74) is 5.53. The van der Waals surface area contributed by atoms with E-state index in [-0.39, 0.29) is 24.4 Å². The highest BCUT2D eigenvalue weighted by Gasteiger charge is 2.29. The van der Waals surface area contributed by atoms with E-state index in [0.29, 0.717) is 25.0 Å². The van der Waals surface area contributed by atoms with Crippen molar-refractivity contribution in [3.05, 3.63) is 0 Å². The molecular formula is C12H25ClN2O2. The Bertz CT molecular complexity index is 225. The molecule has 0 aromatic heterocycles. The summed E-state index contributed by atoms with van der Waals surface area (Å²) in [6, 6.07) is 0.707. The Balaban J connectivity index is 0.00000256. The molecule has 0 aliphatic carbocycles. The Morgan fingerprint density at radius 2 is 1.94 bits per heavy atom. The third-order valence-corrected chi connectivity index (χ3v) is 3.48. The van der Waals surface area contributed by atoms with Crippen molar-refractivity contribution in [2.75, 3.05) is 13.7 Å². The van der Waals surface area contributed by atoms with Gasteiger partial charge in [-0.1, -0.05) is 0 Å². The van der Waals surface area contributed by atoms with Crippen molar-refractivity contribution >= 4 is 18.3 Å². The zero-order chi connectivity index (χ0) is 12.1. The molecule has 0 saturated carbocycles. The minimum atomic E-state index is -0.145. The molecule has 0 radical (unpaired) electrons. The number of likely N-dealkylation sites (tertiary alicyclic amines) is 1. The first-order chi connectivity index (χ1) is 7.60. The molecule has 0 spiro atoms. The van der Waals surface area contributed by atoms with Crippen LogP contribution in [0.3, 0.4) is 0 Å². The molecular weight excluding hydrogens is 240 g/mol. The van der Waals surface area contributed by atoms with Gasteiger partial charge in [-0.05, 0) is 33.1 Å². The zero-order valence-corrected chi connectivity index (χ0v) is 11.8. The SMILES string of the molecule is COC(CN)CC(=O)N1C(C)CCCC1C.Cl. The molecule has 2 N–H and O–H groups in total. The van der Waals surface area contributed by atoms with Crippen molar-refractivity contribution in [2.24, 2.45) is 5.73 Å². The second-order valence-electron chi connectivity index (χ2n) is 4.73. The standard InChI is InChI=1S/C12H24N2O2.ClH/c1-9-5-4-6-10(2)14(9)12(15)7-11(8-13)16-3;/h9-11H,4-8,13H2,1-3H3;1H. The van der Waals surface area contributed by atoms with Gasteiger partial charge in [0.1, 0.15) is 0 Å². The van der Waals surface area contributed by atoms with Crippen LogP contribution in [-0.2, 0) is 9.53 Å². The fourth-order valence-electron chi connectivity index (χ4n) is 2.48. The normalized spacial score (nSPS) is 26.2. The van der Waals surface area contributed by atoms with Gasteiger partial charge in [-0.15, -0.1) is 12.4 Å². The van der Waals surface area contributed by atoms with Crippen LogP contribution in [0.1, 0.15) is 39.5 Å². The third kappa shape index (κ3) is 4.45. The summed E-state index contributed by atoms with van der Waals surface area (Å²) in [4.78, 5) is 14.1. The van der Waals surface area contributed by atoms with Crippen LogP contribution >= 0.6 is 12.4 Å². The van der Waals surface area contributed by atoms with E-state index in [9.17, 15) is 4.79 Å². The molecule has 1 heterocycles. The van der Waals surface area contributed by atoms with Gasteiger partial charge in [-0.25, -0.2) is 0 Å². The summed E-state index contributed by atoms with van der Waals surface area (Å²) >= 11 is 0. The Labute approximate surface area is 110 Å². The second-order valence-corrected chi connectivity index (χ2v) is 4.73. The molecule has 1 amide bonds. The summed E-state index contributed by atoms with van der Waals surface area (Å²) < 4.78 is 5.16. The molecule has 0 aromatic carbocycles. The molecule has 3 atom stereocenters. The van der Waals surface area contributed by atoms with Gasteiger partial charge in [0.15, 0.2) is 0 Å². The van der Waals surface area contributed by atoms with Crippen molar-refractivity contribution in [1.29, 1.82) is 0 Å². The Morgan fingerprint density at radius 3 is 2.35 bits per heavy atom. The van der Waals surface area contributed by atoms with E-state index in [1.54, 1.807) is 7.11 Å². The van der Waals surface area contributed by atoms with Crippen LogP contribution in [0, 0.1) is 0 Å². The molecule has 1 fully saturated rings. The number of ether oxygens (including phenoxy) is 1. The van der Waals surface area contributed by atoms with E-state index in [4.69, 9.17) is 10.5 Å². The maximum atomic E-state index is 12.1. The summed E-state index contributed by atoms with van der Waals surface area (Å²) in [6.45, 7) is 4.65. The molecule has 1 saturated heterocycles. The molecule has 1 aliphatic rings. The van der Waals surface area contributed by atoms with Gasteiger partial charge in [0, 0.05) is 25.7 Å². The van der Waals surface area contributed by atoms with Crippen LogP contribution in [-0.4, -0.2) is 42.6 Å². The summed E-state index contributed by atoms with van der Waals surface area (Å²) in [6.07, 6.45) is 3.69. The fourth-order valence-corrected chi connectivity index (χ4v) is 2.48. The number of rotatable bonds is 4. The molecule has 3 unspecified atom stereocenters. The summed E-state index contributed by atoms with van der Waals surface area (Å²) in [5.74, 6) is 0.178. The smallest absolute Gasteiger partial charge is 0.225 e. The molecule has 5 heteroatoms. The van der Waals surface area contributed by atoms with Gasteiger partial charge in [-0.2, -0.15) is 0 Å². The molecule has 1 aliphatic heterocycles. The lowest BCUT2D eigenvalue weighted by atomic mass is 9.96. The van der Waals surface area contributed by atoms with Gasteiger partial charge in [0.25, 0.3) is 0 Å². The second kappa shape index (κ2) is 7.90. The lowest BCUT2D eigenvalue weighted by Crippen LogP contribution is -2.48. The number of amides is 1. The minimum absolute atomic E-state index is 0. The first-order valence-corrected chi connectivity index (χ1v) is 6.14. The number of carbonyl (C=O) groups excluding carboxylic acids is 1. The van der Waals surface area contributed by atoms with Gasteiger partial charge in [0.05, 0.1) is 12.5 Å². The number of halogens is 1. The molecule has 17 heavy (non-hydrogen) atoms. The number of carbonyl (C=O) groups is 1. The number of hydrogen-bond acceptors (Lipinski definition) is 3. The third-order valence-electron chi connectivity index (χ3n) is 3.48. The van der Waals surface area contributed by atoms with Crippen molar-refractivity contribution in [3.63, 3.8) is 0 Å². The highest BCUT2D eigenvalue weighted by Crippen LogP contribution is 2.23. The van der Waals surface area contributed by atoms with Crippen LogP contribution in [0.5, 0.6) is 0 Å². The Hall–Kier alpha value is -0.320. The van der Waals surface area contributed by atoms with Gasteiger partial charge >= 0.3 is 0 Å². The van der Waals surface area contributed by atoms with Crippen LogP contribution in [0.25, 0.3) is 0 Å². The maximum Gasteiger partial charge on any atom is 0.225 e. The largest absolute Gasteiger partial charge is 0.380 e. The molecule has 102 valence electrons. The number of piperidine rings is 1. The molecule has 4 nitrogen and oxygen atoms in total. The van der Waals surface area contributed by atoms with Crippen molar-refractivity contribution in [2.45, 2.75) is 57.7 Å². The number of hydrogen-bond donors (Lipinski definition) is 1. The van der Waals surface area contributed by atoms with E-state index >= 15 is 0 Å². The van der Waals surface area contributed by atoms with Crippen molar-refractivity contribution in [1.82, 2.24) is 4.90 Å². The Morgan fingerprint density at radius 1 is 1.41 bits per heavy atom. The number of methoxy groups -OCH3 is 1. The maximum absolute atomic E-state index is 12.1. The van der Waals surface area contributed by atoms with Crippen molar-refractivity contribution in [3.8, 4) is 0 Å². The predicted octanol–water partition coefficient (Wildman–Crippen LogP) is 1.56. The van der Waals surface area contributed by atoms with Crippen LogP contribution in [0.15, 0.2) is 0 Å². The molecule has 0 aromatic rings. The van der Waals surface area contributed by atoms with E-state index in [1.165, 1.54) is 6.42 Å². The van der Waals surface area contributed by atoms with Crippen LogP contribution in [0.4, 0.5) is 0 Å². The summed E-state index contributed by atoms with van der Waals surface area (Å²) in [7, 11) is 1.61. The van der Waals surface area contributed by atoms with Gasteiger partial charge < -0.3 is 15.4 Å². The van der Waals surface area contributed by atoms with E-state index in [1.807, 2.05) is 4.90 Å². The lowest BCUT2D eigenvalue weighted by Gasteiger charge is -2.39. The number of nitrogens with zero attached hydrogens (tertiary/aromatic N) is 1. The molecule has 0 bridgehead atoms. The predicted molar refractivity (Wildman–Crippen MR) is 71.3 cm³/mol. The fraction of sp³-hybridized carbons (Fsp3) is 0.917. The van der Waals surface area contributed by atoms with Crippen molar-refractivity contribution < 1.29 is 9.53 Å². The van der Waals surface area contributed by atoms with E-state index < -0.39 is 0 Å². The summed E-state index contributed by atoms with van der Waals surface area (Å²) in [5, 5.41) is 0. The highest BCUT2D eigenvalue weighted by molar-refractivity contribution is 5.85. The first-order valence-electron chi connectivity index (χ1n) is 6.14. The average Bonchev–Trinajstić information content (AvgIpc) is 2.25. The highest BCUT2D eigenvalue weighted by atomic mass is 35.5.